The Bertz CT molecular complexity index is 367. The highest BCUT2D eigenvalue weighted by Crippen LogP contribution is 2.15. The van der Waals surface area contributed by atoms with Crippen LogP contribution in [0.1, 0.15) is 12.5 Å². The molecule has 0 unspecified atom stereocenters. The molecule has 0 fully saturated rings. The molecule has 0 bridgehead atoms. The van der Waals surface area contributed by atoms with Crippen molar-refractivity contribution < 1.29 is 10.2 Å². The van der Waals surface area contributed by atoms with Crippen LogP contribution in [0.3, 0.4) is 0 Å². The van der Waals surface area contributed by atoms with Gasteiger partial charge in [-0.2, -0.15) is 5.26 Å². The summed E-state index contributed by atoms with van der Waals surface area (Å²) in [5, 5.41) is 29.8. The van der Waals surface area contributed by atoms with Gasteiger partial charge in [-0.3, -0.25) is 0 Å². The molecule has 0 amide bonds. The molecular weight excluding hydrogens is 192 g/mol. The molecule has 0 saturated carbocycles. The molecule has 15 heavy (non-hydrogen) atoms. The zero-order valence-electron chi connectivity index (χ0n) is 8.57. The van der Waals surface area contributed by atoms with Gasteiger partial charge in [-0.25, -0.2) is 0 Å². The van der Waals surface area contributed by atoms with Crippen LogP contribution in [-0.4, -0.2) is 29.0 Å². The average Bonchev–Trinajstić information content (AvgIpc) is 2.29. The Hall–Kier alpha value is -1.57. The number of aliphatic hydroxyl groups excluding tert-OH is 2. The van der Waals surface area contributed by atoms with Crippen LogP contribution >= 0.6 is 0 Å². The van der Waals surface area contributed by atoms with Gasteiger partial charge in [0.1, 0.15) is 0 Å². The summed E-state index contributed by atoms with van der Waals surface area (Å²) in [6, 6.07) is 8.92. The van der Waals surface area contributed by atoms with Gasteiger partial charge in [0, 0.05) is 5.69 Å². The van der Waals surface area contributed by atoms with E-state index in [4.69, 9.17) is 15.5 Å². The zero-order chi connectivity index (χ0) is 11.3. The topological polar surface area (TPSA) is 76.3 Å². The Morgan fingerprint density at radius 3 is 2.60 bits per heavy atom. The van der Waals surface area contributed by atoms with Crippen molar-refractivity contribution >= 4 is 5.69 Å². The summed E-state index contributed by atoms with van der Waals surface area (Å²) in [5.74, 6) is 0. The number of hydrogen-bond donors (Lipinski definition) is 3. The number of anilines is 1. The predicted molar refractivity (Wildman–Crippen MR) is 57.4 cm³/mol. The van der Waals surface area contributed by atoms with E-state index in [2.05, 4.69) is 5.32 Å². The van der Waals surface area contributed by atoms with Gasteiger partial charge in [0.15, 0.2) is 0 Å². The Balaban J connectivity index is 2.85. The third-order valence-corrected chi connectivity index (χ3v) is 2.14. The van der Waals surface area contributed by atoms with Gasteiger partial charge in [0.25, 0.3) is 0 Å². The van der Waals surface area contributed by atoms with Gasteiger partial charge < -0.3 is 15.5 Å². The minimum atomic E-state index is -0.770. The Labute approximate surface area is 88.8 Å². The van der Waals surface area contributed by atoms with E-state index in [0.29, 0.717) is 11.3 Å². The van der Waals surface area contributed by atoms with Gasteiger partial charge in [0.05, 0.1) is 30.4 Å². The molecule has 0 aliphatic rings. The Kier molecular flexibility index (Phi) is 3.67. The Morgan fingerprint density at radius 1 is 1.40 bits per heavy atom. The third-order valence-electron chi connectivity index (χ3n) is 2.14. The number of nitriles is 1. The molecule has 0 aliphatic heterocycles. The minimum absolute atomic E-state index is 0.180. The van der Waals surface area contributed by atoms with Crippen molar-refractivity contribution in [1.29, 1.82) is 5.26 Å². The van der Waals surface area contributed by atoms with Crippen molar-refractivity contribution in [2.24, 2.45) is 0 Å². The molecule has 0 aromatic heterocycles. The number of benzene rings is 1. The highest BCUT2D eigenvalue weighted by molar-refractivity contribution is 5.50. The van der Waals surface area contributed by atoms with Crippen molar-refractivity contribution in [2.45, 2.75) is 12.5 Å². The molecule has 4 heteroatoms. The number of rotatable bonds is 4. The van der Waals surface area contributed by atoms with E-state index in [0.717, 1.165) is 0 Å². The lowest BCUT2D eigenvalue weighted by Gasteiger charge is -2.27. The standard InChI is InChI=1S/C11H14N2O2/c1-11(7-14,8-15)13-10-4-2-3-9(5-10)6-12/h2-5,13-15H,7-8H2,1H3. The van der Waals surface area contributed by atoms with Crippen LogP contribution < -0.4 is 5.32 Å². The molecule has 4 nitrogen and oxygen atoms in total. The molecule has 0 spiro atoms. The van der Waals surface area contributed by atoms with Gasteiger partial charge in [0.2, 0.25) is 0 Å². The van der Waals surface area contributed by atoms with Crippen LogP contribution in [0.2, 0.25) is 0 Å². The van der Waals surface area contributed by atoms with Crippen LogP contribution in [0, 0.1) is 11.3 Å². The summed E-state index contributed by atoms with van der Waals surface area (Å²) in [4.78, 5) is 0. The smallest absolute Gasteiger partial charge is 0.0992 e. The monoisotopic (exact) mass is 206 g/mol. The molecule has 0 radical (unpaired) electrons. The molecule has 1 aromatic rings. The van der Waals surface area contributed by atoms with E-state index in [-0.39, 0.29) is 13.2 Å². The first-order valence-electron chi connectivity index (χ1n) is 4.63. The van der Waals surface area contributed by atoms with Gasteiger partial charge in [-0.1, -0.05) is 6.07 Å². The summed E-state index contributed by atoms with van der Waals surface area (Å²) in [5.41, 5.74) is 0.478. The first-order valence-corrected chi connectivity index (χ1v) is 4.63. The van der Waals surface area contributed by atoms with Crippen LogP contribution in [0.15, 0.2) is 24.3 Å². The Morgan fingerprint density at radius 2 is 2.07 bits per heavy atom. The van der Waals surface area contributed by atoms with E-state index >= 15 is 0 Å². The van der Waals surface area contributed by atoms with Crippen LogP contribution in [-0.2, 0) is 0 Å². The van der Waals surface area contributed by atoms with Crippen LogP contribution in [0.4, 0.5) is 5.69 Å². The fourth-order valence-electron chi connectivity index (χ4n) is 1.14. The molecule has 0 atom stereocenters. The predicted octanol–water partition coefficient (Wildman–Crippen LogP) is 0.713. The second kappa shape index (κ2) is 4.78. The molecule has 1 aromatic carbocycles. The highest BCUT2D eigenvalue weighted by Gasteiger charge is 2.21. The fraction of sp³-hybridized carbons (Fsp3) is 0.364. The number of nitrogens with zero attached hydrogens (tertiary/aromatic N) is 1. The molecular formula is C11H14N2O2. The molecule has 0 saturated heterocycles. The van der Waals surface area contributed by atoms with Crippen LogP contribution in [0.5, 0.6) is 0 Å². The second-order valence-electron chi connectivity index (χ2n) is 3.69. The lowest BCUT2D eigenvalue weighted by atomic mass is 10.0. The first kappa shape index (κ1) is 11.5. The highest BCUT2D eigenvalue weighted by atomic mass is 16.3. The molecule has 0 aliphatic carbocycles. The number of hydrogen-bond acceptors (Lipinski definition) is 4. The maximum atomic E-state index is 9.09. The number of nitrogens with one attached hydrogen (secondary N) is 1. The number of aliphatic hydroxyl groups is 2. The van der Waals surface area contributed by atoms with E-state index in [1.807, 2.05) is 6.07 Å². The molecule has 80 valence electrons. The van der Waals surface area contributed by atoms with E-state index in [9.17, 15) is 0 Å². The van der Waals surface area contributed by atoms with Crippen LogP contribution in [0.25, 0.3) is 0 Å². The SMILES string of the molecule is CC(CO)(CO)Nc1cccc(C#N)c1. The summed E-state index contributed by atoms with van der Waals surface area (Å²) < 4.78 is 0. The van der Waals surface area contributed by atoms with Gasteiger partial charge in [-0.05, 0) is 25.1 Å². The average molecular weight is 206 g/mol. The first-order chi connectivity index (χ1) is 7.13. The molecule has 0 heterocycles. The maximum absolute atomic E-state index is 9.09. The van der Waals surface area contributed by atoms with Gasteiger partial charge >= 0.3 is 0 Å². The summed E-state index contributed by atoms with van der Waals surface area (Å²) in [6.07, 6.45) is 0. The van der Waals surface area contributed by atoms with E-state index < -0.39 is 5.54 Å². The van der Waals surface area contributed by atoms with Crippen molar-refractivity contribution in [3.8, 4) is 6.07 Å². The maximum Gasteiger partial charge on any atom is 0.0992 e. The largest absolute Gasteiger partial charge is 0.394 e. The van der Waals surface area contributed by atoms with Crippen molar-refractivity contribution in [3.63, 3.8) is 0 Å². The normalized spacial score (nSPS) is 10.8. The molecule has 1 rings (SSSR count). The fourth-order valence-corrected chi connectivity index (χ4v) is 1.14. The second-order valence-corrected chi connectivity index (χ2v) is 3.69. The van der Waals surface area contributed by atoms with E-state index in [1.165, 1.54) is 0 Å². The van der Waals surface area contributed by atoms with Crippen molar-refractivity contribution in [1.82, 2.24) is 0 Å². The minimum Gasteiger partial charge on any atom is -0.394 e. The zero-order valence-corrected chi connectivity index (χ0v) is 8.57. The molecule has 3 N–H and O–H groups in total. The summed E-state index contributed by atoms with van der Waals surface area (Å²) >= 11 is 0. The third kappa shape index (κ3) is 2.94. The lowest BCUT2D eigenvalue weighted by Crippen LogP contribution is -2.42. The van der Waals surface area contributed by atoms with E-state index in [1.54, 1.807) is 31.2 Å². The van der Waals surface area contributed by atoms with Gasteiger partial charge in [-0.15, -0.1) is 0 Å². The lowest BCUT2D eigenvalue weighted by molar-refractivity contribution is 0.147. The summed E-state index contributed by atoms with van der Waals surface area (Å²) in [6.45, 7) is 1.34. The van der Waals surface area contributed by atoms with Crippen molar-refractivity contribution in [3.05, 3.63) is 29.8 Å². The summed E-state index contributed by atoms with van der Waals surface area (Å²) in [7, 11) is 0. The quantitative estimate of drug-likeness (QED) is 0.678. The van der Waals surface area contributed by atoms with Crippen molar-refractivity contribution in [2.75, 3.05) is 18.5 Å².